The second kappa shape index (κ2) is 9.33. The Bertz CT molecular complexity index is 1190. The Kier molecular flexibility index (Phi) is 6.39. The number of hydrogen-bond acceptors (Lipinski definition) is 4. The van der Waals surface area contributed by atoms with Gasteiger partial charge in [-0.25, -0.2) is 4.98 Å². The number of anilines is 2. The maximum absolute atomic E-state index is 9.47. The fourth-order valence-electron chi connectivity index (χ4n) is 2.68. The normalized spacial score (nSPS) is 9.43. The van der Waals surface area contributed by atoms with Crippen LogP contribution < -0.4 is 9.80 Å². The molecule has 3 rings (SSSR count). The fourth-order valence-corrected chi connectivity index (χ4v) is 2.68. The highest BCUT2D eigenvalue weighted by Gasteiger charge is 2.02. The average Bonchev–Trinajstić information content (AvgIpc) is 2.77. The monoisotopic (exact) mass is 390 g/mol. The SMILES string of the molecule is CN(C)c1ccc(C#Cc2ccc(C#Cc3ccc(N(C)C)cc3)c(C#N)n2)cc1. The Morgan fingerprint density at radius 2 is 1.13 bits per heavy atom. The number of nitriles is 1. The Morgan fingerprint density at radius 1 is 0.633 bits per heavy atom. The van der Waals surface area contributed by atoms with Crippen molar-refractivity contribution in [1.29, 1.82) is 5.26 Å². The first kappa shape index (κ1) is 20.5. The molecular weight excluding hydrogens is 368 g/mol. The van der Waals surface area contributed by atoms with E-state index in [0.717, 1.165) is 22.5 Å². The second-order valence-electron chi connectivity index (χ2n) is 7.09. The van der Waals surface area contributed by atoms with E-state index in [1.54, 1.807) is 12.1 Å². The number of hydrogen-bond donors (Lipinski definition) is 0. The molecule has 0 bridgehead atoms. The van der Waals surface area contributed by atoms with Crippen molar-refractivity contribution in [2.45, 2.75) is 0 Å². The van der Waals surface area contributed by atoms with E-state index in [1.807, 2.05) is 86.5 Å². The summed E-state index contributed by atoms with van der Waals surface area (Å²) in [6.45, 7) is 0. The van der Waals surface area contributed by atoms with Crippen LogP contribution in [0.3, 0.4) is 0 Å². The molecule has 0 aliphatic rings. The van der Waals surface area contributed by atoms with Crippen molar-refractivity contribution in [1.82, 2.24) is 4.98 Å². The zero-order chi connectivity index (χ0) is 21.5. The van der Waals surface area contributed by atoms with Gasteiger partial charge in [0.25, 0.3) is 0 Å². The summed E-state index contributed by atoms with van der Waals surface area (Å²) < 4.78 is 0. The Labute approximate surface area is 178 Å². The van der Waals surface area contributed by atoms with Gasteiger partial charge in [0, 0.05) is 50.7 Å². The van der Waals surface area contributed by atoms with Crippen LogP contribution in [0.15, 0.2) is 60.7 Å². The number of benzene rings is 2. The quantitative estimate of drug-likeness (QED) is 0.623. The van der Waals surface area contributed by atoms with E-state index in [-0.39, 0.29) is 5.69 Å². The van der Waals surface area contributed by atoms with Crippen molar-refractivity contribution >= 4 is 11.4 Å². The van der Waals surface area contributed by atoms with Crippen LogP contribution in [0.25, 0.3) is 0 Å². The molecule has 3 aromatic rings. The van der Waals surface area contributed by atoms with Crippen molar-refractivity contribution in [3.05, 3.63) is 88.7 Å². The molecule has 0 amide bonds. The highest BCUT2D eigenvalue weighted by molar-refractivity contribution is 5.54. The van der Waals surface area contributed by atoms with Gasteiger partial charge >= 0.3 is 0 Å². The van der Waals surface area contributed by atoms with Crippen molar-refractivity contribution in [2.24, 2.45) is 0 Å². The lowest BCUT2D eigenvalue weighted by molar-refractivity contribution is 1.13. The first-order valence-electron chi connectivity index (χ1n) is 9.46. The van der Waals surface area contributed by atoms with E-state index in [0.29, 0.717) is 11.3 Å². The van der Waals surface area contributed by atoms with E-state index in [1.165, 1.54) is 0 Å². The van der Waals surface area contributed by atoms with Gasteiger partial charge in [-0.3, -0.25) is 0 Å². The molecule has 0 atom stereocenters. The molecule has 0 aliphatic carbocycles. The summed E-state index contributed by atoms with van der Waals surface area (Å²) in [7, 11) is 7.98. The zero-order valence-corrected chi connectivity index (χ0v) is 17.6. The molecule has 2 aromatic carbocycles. The largest absolute Gasteiger partial charge is 0.378 e. The predicted molar refractivity (Wildman–Crippen MR) is 122 cm³/mol. The van der Waals surface area contributed by atoms with Gasteiger partial charge in [-0.15, -0.1) is 0 Å². The molecule has 0 fully saturated rings. The topological polar surface area (TPSA) is 43.2 Å². The molecule has 1 aromatic heterocycles. The average molecular weight is 390 g/mol. The van der Waals surface area contributed by atoms with Crippen LogP contribution in [0.2, 0.25) is 0 Å². The third-order valence-electron chi connectivity index (χ3n) is 4.44. The minimum absolute atomic E-state index is 0.280. The van der Waals surface area contributed by atoms with Gasteiger partial charge in [0.2, 0.25) is 0 Å². The Balaban J connectivity index is 1.80. The van der Waals surface area contributed by atoms with E-state index in [9.17, 15) is 5.26 Å². The predicted octanol–water partition coefficient (Wildman–Crippen LogP) is 3.88. The summed E-state index contributed by atoms with van der Waals surface area (Å²) in [5.41, 5.74) is 5.42. The van der Waals surface area contributed by atoms with Crippen molar-refractivity contribution in [2.75, 3.05) is 38.0 Å². The van der Waals surface area contributed by atoms with Gasteiger partial charge in [0.1, 0.15) is 11.8 Å². The molecule has 4 nitrogen and oxygen atoms in total. The molecule has 0 unspecified atom stereocenters. The van der Waals surface area contributed by atoms with Gasteiger partial charge < -0.3 is 9.80 Å². The van der Waals surface area contributed by atoms with E-state index in [4.69, 9.17) is 0 Å². The molecule has 1 heterocycles. The molecule has 30 heavy (non-hydrogen) atoms. The molecule has 0 saturated heterocycles. The second-order valence-corrected chi connectivity index (χ2v) is 7.09. The molecule has 0 spiro atoms. The van der Waals surface area contributed by atoms with Crippen LogP contribution in [-0.4, -0.2) is 33.2 Å². The third-order valence-corrected chi connectivity index (χ3v) is 4.44. The number of aromatic nitrogens is 1. The van der Waals surface area contributed by atoms with Crippen LogP contribution in [0.5, 0.6) is 0 Å². The smallest absolute Gasteiger partial charge is 0.157 e. The summed E-state index contributed by atoms with van der Waals surface area (Å²) in [4.78, 5) is 8.42. The van der Waals surface area contributed by atoms with E-state index < -0.39 is 0 Å². The van der Waals surface area contributed by atoms with Crippen molar-refractivity contribution in [3.63, 3.8) is 0 Å². The molecule has 0 saturated carbocycles. The number of nitrogens with zero attached hydrogens (tertiary/aromatic N) is 4. The lowest BCUT2D eigenvalue weighted by atomic mass is 10.1. The summed E-state index contributed by atoms with van der Waals surface area (Å²) in [5.74, 6) is 12.3. The van der Waals surface area contributed by atoms with Crippen LogP contribution in [0.1, 0.15) is 28.1 Å². The van der Waals surface area contributed by atoms with E-state index >= 15 is 0 Å². The standard InChI is InChI=1S/C26H22N4/c1-29(2)24-15-7-20(8-16-24)5-11-22-12-14-23(28-26(22)19-27)13-6-21-9-17-25(18-10-21)30(3)4/h7-10,12,14-18H,1-4H3. The third kappa shape index (κ3) is 5.20. The minimum Gasteiger partial charge on any atom is -0.378 e. The van der Waals surface area contributed by atoms with Gasteiger partial charge in [0.15, 0.2) is 5.69 Å². The fraction of sp³-hybridized carbons (Fsp3) is 0.154. The van der Waals surface area contributed by atoms with Crippen LogP contribution in [0.4, 0.5) is 11.4 Å². The zero-order valence-electron chi connectivity index (χ0n) is 17.6. The van der Waals surface area contributed by atoms with Crippen LogP contribution in [0, 0.1) is 35.0 Å². The summed E-state index contributed by atoms with van der Waals surface area (Å²) in [5, 5.41) is 9.47. The number of rotatable bonds is 2. The lowest BCUT2D eigenvalue weighted by Crippen LogP contribution is -2.07. The summed E-state index contributed by atoms with van der Waals surface area (Å²) in [6, 6.07) is 21.6. The van der Waals surface area contributed by atoms with Gasteiger partial charge in [-0.05, 0) is 66.6 Å². The maximum atomic E-state index is 9.47. The molecule has 4 heteroatoms. The van der Waals surface area contributed by atoms with E-state index in [2.05, 4.69) is 34.7 Å². The first-order chi connectivity index (χ1) is 14.5. The highest BCUT2D eigenvalue weighted by Crippen LogP contribution is 2.13. The summed E-state index contributed by atoms with van der Waals surface area (Å²) >= 11 is 0. The van der Waals surface area contributed by atoms with Gasteiger partial charge in [0.05, 0.1) is 5.56 Å². The van der Waals surface area contributed by atoms with Crippen molar-refractivity contribution in [3.8, 4) is 29.8 Å². The molecule has 0 radical (unpaired) electrons. The summed E-state index contributed by atoms with van der Waals surface area (Å²) in [6.07, 6.45) is 0. The minimum atomic E-state index is 0.280. The Morgan fingerprint density at radius 3 is 1.60 bits per heavy atom. The lowest BCUT2D eigenvalue weighted by Gasteiger charge is -2.11. The molecule has 0 aliphatic heterocycles. The molecular formula is C26H22N4. The van der Waals surface area contributed by atoms with Crippen LogP contribution >= 0.6 is 0 Å². The Hall–Kier alpha value is -4.20. The first-order valence-corrected chi connectivity index (χ1v) is 9.46. The van der Waals surface area contributed by atoms with Gasteiger partial charge in [-0.1, -0.05) is 17.8 Å². The maximum Gasteiger partial charge on any atom is 0.157 e. The van der Waals surface area contributed by atoms with Gasteiger partial charge in [-0.2, -0.15) is 5.26 Å². The molecule has 146 valence electrons. The highest BCUT2D eigenvalue weighted by atomic mass is 15.1. The molecule has 0 N–H and O–H groups in total. The van der Waals surface area contributed by atoms with Crippen molar-refractivity contribution < 1.29 is 0 Å². The number of pyridine rings is 1. The van der Waals surface area contributed by atoms with Crippen LogP contribution in [-0.2, 0) is 0 Å².